The van der Waals surface area contributed by atoms with Crippen molar-refractivity contribution in [1.82, 2.24) is 4.90 Å². The molecule has 0 bridgehead atoms. The Morgan fingerprint density at radius 2 is 1.91 bits per heavy atom. The van der Waals surface area contributed by atoms with Gasteiger partial charge in [0.25, 0.3) is 0 Å². The van der Waals surface area contributed by atoms with Crippen LogP contribution in [0.4, 0.5) is 10.5 Å². The predicted octanol–water partition coefficient (Wildman–Crippen LogP) is 4.89. The van der Waals surface area contributed by atoms with Crippen molar-refractivity contribution in [2.75, 3.05) is 11.9 Å². The number of urea groups is 1. The molecule has 22 heavy (non-hydrogen) atoms. The highest BCUT2D eigenvalue weighted by Gasteiger charge is 2.20. The average molecular weight is 335 g/mol. The van der Waals surface area contributed by atoms with Crippen LogP contribution in [0.2, 0.25) is 10.0 Å². The number of rotatable bonds is 1. The molecule has 1 N–H and O–H groups in total. The molecule has 0 radical (unpaired) electrons. The van der Waals surface area contributed by atoms with E-state index in [4.69, 9.17) is 23.2 Å². The minimum atomic E-state index is -0.120. The van der Waals surface area contributed by atoms with Gasteiger partial charge in [-0.05, 0) is 42.7 Å². The van der Waals surface area contributed by atoms with Gasteiger partial charge in [-0.15, -0.1) is 0 Å². The van der Waals surface area contributed by atoms with Crippen LogP contribution in [0.3, 0.4) is 0 Å². The van der Waals surface area contributed by atoms with Gasteiger partial charge in [0.15, 0.2) is 0 Å². The van der Waals surface area contributed by atoms with E-state index in [9.17, 15) is 4.79 Å². The first-order valence-electron chi connectivity index (χ1n) is 7.12. The number of carbonyl (C=O) groups is 1. The highest BCUT2D eigenvalue weighted by molar-refractivity contribution is 6.42. The van der Waals surface area contributed by atoms with Gasteiger partial charge < -0.3 is 10.2 Å². The van der Waals surface area contributed by atoms with Crippen molar-refractivity contribution >= 4 is 34.9 Å². The zero-order valence-corrected chi connectivity index (χ0v) is 13.7. The lowest BCUT2D eigenvalue weighted by atomic mass is 9.98. The summed E-state index contributed by atoms with van der Waals surface area (Å²) in [6.07, 6.45) is 0.879. The van der Waals surface area contributed by atoms with E-state index in [0.29, 0.717) is 28.8 Å². The SMILES string of the molecule is Cc1ccc2c(c1)CN(C(=O)Nc1ccc(Cl)c(Cl)c1)CC2. The van der Waals surface area contributed by atoms with Crippen LogP contribution in [0.5, 0.6) is 0 Å². The van der Waals surface area contributed by atoms with Gasteiger partial charge in [0, 0.05) is 18.8 Å². The van der Waals surface area contributed by atoms with Crippen LogP contribution < -0.4 is 5.32 Å². The largest absolute Gasteiger partial charge is 0.322 e. The molecule has 0 saturated heterocycles. The molecule has 0 aliphatic carbocycles. The maximum absolute atomic E-state index is 12.4. The Bertz CT molecular complexity index is 731. The summed E-state index contributed by atoms with van der Waals surface area (Å²) in [4.78, 5) is 14.2. The summed E-state index contributed by atoms with van der Waals surface area (Å²) in [5.74, 6) is 0. The van der Waals surface area contributed by atoms with Crippen LogP contribution in [0.15, 0.2) is 36.4 Å². The maximum atomic E-state index is 12.4. The lowest BCUT2D eigenvalue weighted by Crippen LogP contribution is -2.38. The number of anilines is 1. The maximum Gasteiger partial charge on any atom is 0.322 e. The Hall–Kier alpha value is -1.71. The summed E-state index contributed by atoms with van der Waals surface area (Å²) in [5.41, 5.74) is 4.40. The highest BCUT2D eigenvalue weighted by Crippen LogP contribution is 2.26. The van der Waals surface area contributed by atoms with Crippen LogP contribution in [0, 0.1) is 6.92 Å². The zero-order valence-electron chi connectivity index (χ0n) is 12.2. The van der Waals surface area contributed by atoms with Gasteiger partial charge in [0.2, 0.25) is 0 Å². The fourth-order valence-corrected chi connectivity index (χ4v) is 2.93. The van der Waals surface area contributed by atoms with Gasteiger partial charge in [0.05, 0.1) is 10.0 Å². The van der Waals surface area contributed by atoms with Crippen molar-refractivity contribution in [1.29, 1.82) is 0 Å². The van der Waals surface area contributed by atoms with E-state index in [0.717, 1.165) is 6.42 Å². The quantitative estimate of drug-likeness (QED) is 0.790. The molecule has 5 heteroatoms. The predicted molar refractivity (Wildman–Crippen MR) is 90.8 cm³/mol. The van der Waals surface area contributed by atoms with Crippen molar-refractivity contribution in [3.05, 3.63) is 63.1 Å². The first-order chi connectivity index (χ1) is 10.5. The Labute approximate surface area is 139 Å². The third-order valence-corrected chi connectivity index (χ3v) is 4.57. The van der Waals surface area contributed by atoms with E-state index in [-0.39, 0.29) is 6.03 Å². The van der Waals surface area contributed by atoms with Crippen LogP contribution in [0.25, 0.3) is 0 Å². The van der Waals surface area contributed by atoms with Gasteiger partial charge >= 0.3 is 6.03 Å². The minimum absolute atomic E-state index is 0.120. The highest BCUT2D eigenvalue weighted by atomic mass is 35.5. The zero-order chi connectivity index (χ0) is 15.7. The summed E-state index contributed by atoms with van der Waals surface area (Å²) < 4.78 is 0. The number of benzene rings is 2. The molecule has 114 valence electrons. The van der Waals surface area contributed by atoms with Crippen molar-refractivity contribution in [3.8, 4) is 0 Å². The molecule has 0 saturated carbocycles. The summed E-state index contributed by atoms with van der Waals surface area (Å²) in [6.45, 7) is 3.41. The van der Waals surface area contributed by atoms with E-state index < -0.39 is 0 Å². The molecule has 0 unspecified atom stereocenters. The number of nitrogens with zero attached hydrogens (tertiary/aromatic N) is 1. The summed E-state index contributed by atoms with van der Waals surface area (Å²) in [7, 11) is 0. The molecule has 2 aromatic rings. The smallest absolute Gasteiger partial charge is 0.320 e. The second kappa shape index (κ2) is 6.19. The molecule has 0 spiro atoms. The van der Waals surface area contributed by atoms with Crippen molar-refractivity contribution < 1.29 is 4.79 Å². The second-order valence-electron chi connectivity index (χ2n) is 5.50. The lowest BCUT2D eigenvalue weighted by Gasteiger charge is -2.29. The number of carbonyl (C=O) groups excluding carboxylic acids is 1. The molecule has 2 amide bonds. The third-order valence-electron chi connectivity index (χ3n) is 3.83. The molecule has 2 aromatic carbocycles. The van der Waals surface area contributed by atoms with Crippen LogP contribution in [-0.4, -0.2) is 17.5 Å². The number of hydrogen-bond donors (Lipinski definition) is 1. The molecular weight excluding hydrogens is 319 g/mol. The van der Waals surface area contributed by atoms with E-state index in [2.05, 4.69) is 30.4 Å². The van der Waals surface area contributed by atoms with E-state index in [1.807, 2.05) is 4.90 Å². The molecule has 1 heterocycles. The summed E-state index contributed by atoms with van der Waals surface area (Å²) in [6, 6.07) is 11.4. The number of amides is 2. The van der Waals surface area contributed by atoms with Crippen molar-refractivity contribution in [2.45, 2.75) is 19.9 Å². The van der Waals surface area contributed by atoms with Gasteiger partial charge in [-0.3, -0.25) is 0 Å². The Balaban J connectivity index is 1.72. The van der Waals surface area contributed by atoms with Crippen LogP contribution in [-0.2, 0) is 13.0 Å². The van der Waals surface area contributed by atoms with Crippen LogP contribution in [0.1, 0.15) is 16.7 Å². The molecule has 0 fully saturated rings. The van der Waals surface area contributed by atoms with Gasteiger partial charge in [-0.2, -0.15) is 0 Å². The normalized spacial score (nSPS) is 13.7. The summed E-state index contributed by atoms with van der Waals surface area (Å²) in [5, 5.41) is 3.77. The number of nitrogens with one attached hydrogen (secondary N) is 1. The first-order valence-corrected chi connectivity index (χ1v) is 7.88. The molecule has 3 nitrogen and oxygen atoms in total. The third kappa shape index (κ3) is 3.21. The Morgan fingerprint density at radius 1 is 1.09 bits per heavy atom. The first kappa shape index (κ1) is 15.2. The molecule has 1 aliphatic heterocycles. The van der Waals surface area contributed by atoms with Crippen molar-refractivity contribution in [2.24, 2.45) is 0 Å². The topological polar surface area (TPSA) is 32.3 Å². The van der Waals surface area contributed by atoms with Gasteiger partial charge in [-0.25, -0.2) is 4.79 Å². The molecular formula is C17H16Cl2N2O. The standard InChI is InChI=1S/C17H16Cl2N2O/c1-11-2-3-12-6-7-21(10-13(12)8-11)17(22)20-14-4-5-15(18)16(19)9-14/h2-5,8-9H,6-7,10H2,1H3,(H,20,22). The Kier molecular flexibility index (Phi) is 4.27. The van der Waals surface area contributed by atoms with E-state index >= 15 is 0 Å². The molecule has 0 atom stereocenters. The van der Waals surface area contributed by atoms with Crippen LogP contribution >= 0.6 is 23.2 Å². The average Bonchev–Trinajstić information content (AvgIpc) is 2.50. The molecule has 3 rings (SSSR count). The number of hydrogen-bond acceptors (Lipinski definition) is 1. The molecule has 0 aromatic heterocycles. The second-order valence-corrected chi connectivity index (χ2v) is 6.32. The number of fused-ring (bicyclic) bond motifs is 1. The fourth-order valence-electron chi connectivity index (χ4n) is 2.64. The Morgan fingerprint density at radius 3 is 2.68 bits per heavy atom. The van der Waals surface area contributed by atoms with Crippen molar-refractivity contribution in [3.63, 3.8) is 0 Å². The van der Waals surface area contributed by atoms with E-state index in [1.54, 1.807) is 18.2 Å². The molecule has 1 aliphatic rings. The summed E-state index contributed by atoms with van der Waals surface area (Å²) >= 11 is 11.9. The van der Waals surface area contributed by atoms with E-state index in [1.165, 1.54) is 16.7 Å². The monoisotopic (exact) mass is 334 g/mol. The number of aryl methyl sites for hydroxylation is 1. The minimum Gasteiger partial charge on any atom is -0.320 e. The lowest BCUT2D eigenvalue weighted by molar-refractivity contribution is 0.206. The van der Waals surface area contributed by atoms with Gasteiger partial charge in [0.1, 0.15) is 0 Å². The van der Waals surface area contributed by atoms with Gasteiger partial charge in [-0.1, -0.05) is 47.0 Å². The number of halogens is 2. The fraction of sp³-hybridized carbons (Fsp3) is 0.235.